The molecule has 3 rings (SSSR count). The predicted molar refractivity (Wildman–Crippen MR) is 110 cm³/mol. The maximum Gasteiger partial charge on any atom is 0.272 e. The highest BCUT2D eigenvalue weighted by molar-refractivity contribution is 9.10. The number of nitrogens with one attached hydrogen (secondary N) is 1. The summed E-state index contributed by atoms with van der Waals surface area (Å²) < 4.78 is 1.03. The van der Waals surface area contributed by atoms with E-state index in [0.717, 1.165) is 34.0 Å². The van der Waals surface area contributed by atoms with Crippen LogP contribution in [0, 0.1) is 0 Å². The van der Waals surface area contributed by atoms with E-state index in [4.69, 9.17) is 0 Å². The van der Waals surface area contributed by atoms with Crippen molar-refractivity contribution in [3.63, 3.8) is 0 Å². The van der Waals surface area contributed by atoms with Gasteiger partial charge in [0, 0.05) is 35.0 Å². The second-order valence-electron chi connectivity index (χ2n) is 5.53. The normalized spacial score (nSPS) is 16.6. The van der Waals surface area contributed by atoms with Crippen LogP contribution in [-0.4, -0.2) is 41.5 Å². The summed E-state index contributed by atoms with van der Waals surface area (Å²) in [5.74, 6) is 0.00930. The van der Waals surface area contributed by atoms with E-state index in [1.54, 1.807) is 17.8 Å². The molecule has 136 valence electrons. The average Bonchev–Trinajstić information content (AvgIpc) is 2.54. The van der Waals surface area contributed by atoms with E-state index in [2.05, 4.69) is 33.2 Å². The van der Waals surface area contributed by atoms with Gasteiger partial charge in [0.1, 0.15) is 10.7 Å². The fourth-order valence-corrected chi connectivity index (χ4v) is 3.94. The van der Waals surface area contributed by atoms with Crippen LogP contribution in [0.4, 0.5) is 0 Å². The standard InChI is InChI=1S/C17H18BrN3OS.2ClH/c1-12-11-21(9-8-19-12)17(22)15-6-3-7-16(20-15)23-14-5-2-4-13(18)10-14;;/h2-7,10,12,19H,8-9,11H2,1H3;2*1H. The first-order valence-electron chi connectivity index (χ1n) is 7.55. The molecular weight excluding hydrogens is 445 g/mol. The van der Waals surface area contributed by atoms with Crippen molar-refractivity contribution in [2.45, 2.75) is 22.9 Å². The molecule has 25 heavy (non-hydrogen) atoms. The number of aromatic nitrogens is 1. The van der Waals surface area contributed by atoms with Gasteiger partial charge in [0.2, 0.25) is 0 Å². The smallest absolute Gasteiger partial charge is 0.272 e. The van der Waals surface area contributed by atoms with Crippen LogP contribution in [-0.2, 0) is 0 Å². The van der Waals surface area contributed by atoms with Crippen molar-refractivity contribution in [1.29, 1.82) is 0 Å². The Morgan fingerprint density at radius 3 is 2.76 bits per heavy atom. The molecule has 1 N–H and O–H groups in total. The van der Waals surface area contributed by atoms with Crippen LogP contribution in [0.1, 0.15) is 17.4 Å². The number of amides is 1. The van der Waals surface area contributed by atoms with E-state index >= 15 is 0 Å². The topological polar surface area (TPSA) is 45.2 Å². The third-order valence-electron chi connectivity index (χ3n) is 3.62. The minimum atomic E-state index is 0. The molecule has 0 radical (unpaired) electrons. The van der Waals surface area contributed by atoms with E-state index in [9.17, 15) is 4.79 Å². The number of halogens is 3. The van der Waals surface area contributed by atoms with Crippen molar-refractivity contribution < 1.29 is 4.79 Å². The molecule has 1 atom stereocenters. The molecule has 0 saturated carbocycles. The van der Waals surface area contributed by atoms with E-state index in [1.165, 1.54) is 0 Å². The van der Waals surface area contributed by atoms with Gasteiger partial charge in [-0.05, 0) is 37.3 Å². The van der Waals surface area contributed by atoms with Gasteiger partial charge in [0.25, 0.3) is 5.91 Å². The van der Waals surface area contributed by atoms with Gasteiger partial charge in [-0.1, -0.05) is 39.8 Å². The van der Waals surface area contributed by atoms with Gasteiger partial charge in [-0.15, -0.1) is 24.8 Å². The third kappa shape index (κ3) is 6.15. The van der Waals surface area contributed by atoms with E-state index in [1.807, 2.05) is 41.3 Å². The van der Waals surface area contributed by atoms with Crippen molar-refractivity contribution in [2.24, 2.45) is 0 Å². The lowest BCUT2D eigenvalue weighted by Crippen LogP contribution is -2.51. The average molecular weight is 465 g/mol. The fraction of sp³-hybridized carbons (Fsp3) is 0.294. The van der Waals surface area contributed by atoms with Crippen molar-refractivity contribution in [3.8, 4) is 0 Å². The first kappa shape index (κ1) is 22.3. The van der Waals surface area contributed by atoms with Gasteiger partial charge in [-0.3, -0.25) is 4.79 Å². The predicted octanol–water partition coefficient (Wildman–Crippen LogP) is 4.27. The molecule has 1 saturated heterocycles. The number of hydrogen-bond acceptors (Lipinski definition) is 4. The summed E-state index contributed by atoms with van der Waals surface area (Å²) in [6.07, 6.45) is 0. The van der Waals surface area contributed by atoms with Crippen LogP contribution < -0.4 is 5.32 Å². The second kappa shape index (κ2) is 10.4. The number of nitrogens with zero attached hydrogens (tertiary/aromatic N) is 2. The van der Waals surface area contributed by atoms with Gasteiger partial charge < -0.3 is 10.2 Å². The SMILES string of the molecule is CC1CN(C(=O)c2cccc(Sc3cccc(Br)c3)n2)CCN1.Cl.Cl. The van der Waals surface area contributed by atoms with Crippen molar-refractivity contribution in [1.82, 2.24) is 15.2 Å². The highest BCUT2D eigenvalue weighted by Gasteiger charge is 2.22. The lowest BCUT2D eigenvalue weighted by molar-refractivity contribution is 0.0702. The van der Waals surface area contributed by atoms with Gasteiger partial charge in [-0.2, -0.15) is 0 Å². The van der Waals surface area contributed by atoms with Gasteiger partial charge in [-0.25, -0.2) is 4.98 Å². The third-order valence-corrected chi connectivity index (χ3v) is 5.04. The number of pyridine rings is 1. The Kier molecular flexibility index (Phi) is 9.24. The Morgan fingerprint density at radius 2 is 2.04 bits per heavy atom. The quantitative estimate of drug-likeness (QED) is 0.736. The number of carbonyl (C=O) groups is 1. The van der Waals surface area contributed by atoms with Gasteiger partial charge in [0.05, 0.1) is 0 Å². The number of rotatable bonds is 3. The summed E-state index contributed by atoms with van der Waals surface area (Å²) in [7, 11) is 0. The minimum Gasteiger partial charge on any atom is -0.334 e. The molecule has 1 aromatic carbocycles. The molecular formula is C17H20BrCl2N3OS. The van der Waals surface area contributed by atoms with Crippen LogP contribution >= 0.6 is 52.5 Å². The Bertz CT molecular complexity index is 720. The molecule has 4 nitrogen and oxygen atoms in total. The molecule has 1 fully saturated rings. The Hall–Kier alpha value is -0.790. The molecule has 1 aromatic heterocycles. The Labute approximate surface area is 173 Å². The number of piperazine rings is 1. The Morgan fingerprint density at radius 1 is 1.28 bits per heavy atom. The molecule has 1 aliphatic heterocycles. The van der Waals surface area contributed by atoms with Crippen LogP contribution in [0.5, 0.6) is 0 Å². The molecule has 0 aliphatic carbocycles. The van der Waals surface area contributed by atoms with Gasteiger partial charge in [0.15, 0.2) is 0 Å². The fourth-order valence-electron chi connectivity index (χ4n) is 2.52. The molecule has 8 heteroatoms. The molecule has 1 unspecified atom stereocenters. The van der Waals surface area contributed by atoms with Crippen molar-refractivity contribution in [3.05, 3.63) is 52.6 Å². The molecule has 0 bridgehead atoms. The van der Waals surface area contributed by atoms with E-state index < -0.39 is 0 Å². The van der Waals surface area contributed by atoms with Crippen LogP contribution in [0.15, 0.2) is 56.9 Å². The summed E-state index contributed by atoms with van der Waals surface area (Å²) >= 11 is 5.03. The summed E-state index contributed by atoms with van der Waals surface area (Å²) in [5, 5.41) is 4.18. The van der Waals surface area contributed by atoms with Crippen LogP contribution in [0.2, 0.25) is 0 Å². The molecule has 2 aromatic rings. The summed E-state index contributed by atoms with van der Waals surface area (Å²) in [4.78, 5) is 20.1. The van der Waals surface area contributed by atoms with Crippen LogP contribution in [0.3, 0.4) is 0 Å². The molecule has 0 spiro atoms. The largest absolute Gasteiger partial charge is 0.334 e. The Balaban J connectivity index is 0.00000156. The zero-order valence-corrected chi connectivity index (χ0v) is 17.7. The molecule has 1 amide bonds. The van der Waals surface area contributed by atoms with Crippen LogP contribution in [0.25, 0.3) is 0 Å². The summed E-state index contributed by atoms with van der Waals surface area (Å²) in [6.45, 7) is 4.38. The first-order chi connectivity index (χ1) is 11.1. The summed E-state index contributed by atoms with van der Waals surface area (Å²) in [5.41, 5.74) is 0.513. The molecule has 1 aliphatic rings. The van der Waals surface area contributed by atoms with E-state index in [-0.39, 0.29) is 30.7 Å². The number of benzene rings is 1. The second-order valence-corrected chi connectivity index (χ2v) is 7.54. The molecule has 2 heterocycles. The van der Waals surface area contributed by atoms with E-state index in [0.29, 0.717) is 11.7 Å². The van der Waals surface area contributed by atoms with Gasteiger partial charge >= 0.3 is 0 Å². The highest BCUT2D eigenvalue weighted by Crippen LogP contribution is 2.28. The minimum absolute atomic E-state index is 0. The number of carbonyl (C=O) groups excluding carboxylic acids is 1. The number of hydrogen-bond donors (Lipinski definition) is 1. The zero-order valence-electron chi connectivity index (χ0n) is 13.6. The lowest BCUT2D eigenvalue weighted by atomic mass is 10.2. The monoisotopic (exact) mass is 463 g/mol. The lowest BCUT2D eigenvalue weighted by Gasteiger charge is -2.31. The zero-order chi connectivity index (χ0) is 16.2. The maximum atomic E-state index is 12.6. The van der Waals surface area contributed by atoms with Crippen molar-refractivity contribution in [2.75, 3.05) is 19.6 Å². The maximum absolute atomic E-state index is 12.6. The van der Waals surface area contributed by atoms with Crippen molar-refractivity contribution >= 4 is 58.4 Å². The first-order valence-corrected chi connectivity index (χ1v) is 9.16. The highest BCUT2D eigenvalue weighted by atomic mass is 79.9. The summed E-state index contributed by atoms with van der Waals surface area (Å²) in [6, 6.07) is 14.0.